The van der Waals surface area contributed by atoms with Crippen molar-refractivity contribution in [3.05, 3.63) is 36.5 Å². The monoisotopic (exact) mass is 1010 g/mol. The Morgan fingerprint density at radius 1 is 0.479 bits per heavy atom. The first-order chi connectivity index (χ1) is 34.7. The van der Waals surface area contributed by atoms with Crippen LogP contribution in [0.15, 0.2) is 36.5 Å². The highest BCUT2D eigenvalue weighted by Crippen LogP contribution is 2.23. The Morgan fingerprint density at radius 2 is 0.845 bits per heavy atom. The van der Waals surface area contributed by atoms with Crippen molar-refractivity contribution in [3.63, 3.8) is 0 Å². The number of allylic oxidation sites excluding steroid dienone is 6. The second-order valence-corrected chi connectivity index (χ2v) is 21.0. The summed E-state index contributed by atoms with van der Waals surface area (Å²) in [7, 11) is 0. The minimum Gasteiger partial charge on any atom is -0.394 e. The minimum atomic E-state index is -1.67. The first-order valence-corrected chi connectivity index (χ1v) is 29.9. The van der Waals surface area contributed by atoms with Gasteiger partial charge >= 0.3 is 0 Å². The molecule has 1 aliphatic heterocycles. The highest BCUT2D eigenvalue weighted by Gasteiger charge is 2.44. The van der Waals surface area contributed by atoms with E-state index in [-0.39, 0.29) is 12.8 Å². The van der Waals surface area contributed by atoms with Gasteiger partial charge < -0.3 is 50.5 Å². The zero-order chi connectivity index (χ0) is 51.8. The van der Waals surface area contributed by atoms with Crippen molar-refractivity contribution in [1.29, 1.82) is 0 Å². The molecule has 0 aliphatic carbocycles. The lowest BCUT2D eigenvalue weighted by atomic mass is 9.98. The predicted octanol–water partition coefficient (Wildman–Crippen LogP) is 12.7. The molecule has 1 fully saturated rings. The largest absolute Gasteiger partial charge is 0.394 e. The molecule has 0 aromatic heterocycles. The molecular formula is C60H113NO10. The van der Waals surface area contributed by atoms with E-state index >= 15 is 0 Å². The van der Waals surface area contributed by atoms with E-state index in [4.69, 9.17) is 9.47 Å². The number of hydrogen-bond donors (Lipinski definition) is 8. The lowest BCUT2D eigenvalue weighted by Crippen LogP contribution is -2.60. The summed E-state index contributed by atoms with van der Waals surface area (Å²) in [6.45, 7) is 3.46. The van der Waals surface area contributed by atoms with Crippen LogP contribution >= 0.6 is 0 Å². The van der Waals surface area contributed by atoms with E-state index in [1.165, 1.54) is 167 Å². The molecule has 0 radical (unpaired) electrons. The third-order valence-electron chi connectivity index (χ3n) is 14.4. The first-order valence-electron chi connectivity index (χ1n) is 29.9. The summed E-state index contributed by atoms with van der Waals surface area (Å²) < 4.78 is 11.1. The molecule has 1 aliphatic rings. The van der Waals surface area contributed by atoms with Crippen molar-refractivity contribution in [2.24, 2.45) is 0 Å². The lowest BCUT2D eigenvalue weighted by Gasteiger charge is -2.40. The molecule has 11 nitrogen and oxygen atoms in total. The van der Waals surface area contributed by atoms with Gasteiger partial charge in [0.15, 0.2) is 6.29 Å². The maximum atomic E-state index is 13.2. The highest BCUT2D eigenvalue weighted by atomic mass is 16.7. The number of carbonyl (C=O) groups is 1. The summed E-state index contributed by atoms with van der Waals surface area (Å²) in [4.78, 5) is 13.2. The molecule has 0 aromatic rings. The third-order valence-corrected chi connectivity index (χ3v) is 14.4. The molecule has 11 heteroatoms. The van der Waals surface area contributed by atoms with Crippen molar-refractivity contribution in [1.82, 2.24) is 5.32 Å². The molecular weight excluding hydrogens is 895 g/mol. The van der Waals surface area contributed by atoms with Gasteiger partial charge in [0, 0.05) is 0 Å². The van der Waals surface area contributed by atoms with Gasteiger partial charge in [0.2, 0.25) is 5.91 Å². The Morgan fingerprint density at radius 3 is 1.25 bits per heavy atom. The molecule has 0 bridgehead atoms. The van der Waals surface area contributed by atoms with Crippen LogP contribution in [0.25, 0.3) is 0 Å². The number of aliphatic hydroxyl groups is 7. The predicted molar refractivity (Wildman–Crippen MR) is 293 cm³/mol. The standard InChI is InChI=1S/C60H113NO10/c1-3-5-7-9-11-13-15-17-19-21-23-25-27-29-31-33-35-37-39-41-43-45-47-52(63)55(65)51(50-70-60-58(68)57(67)56(66)54(49-62)71-60)61-59(69)53(64)48-46-44-42-40-38-36-34-32-30-28-26-24-22-20-18-16-14-12-10-8-6-4-2/h30-33,39,41,51-58,60,62-68H,3-29,34-38,40,42-50H2,1-2H3,(H,61,69)/b32-30-,33-31+,41-39+. The second kappa shape index (κ2) is 49.2. The Balaban J connectivity index is 2.34. The first kappa shape index (κ1) is 67.3. The summed E-state index contributed by atoms with van der Waals surface area (Å²) in [5.74, 6) is -0.713. The quantitative estimate of drug-likeness (QED) is 0.0215. The molecule has 9 unspecified atom stereocenters. The van der Waals surface area contributed by atoms with E-state index in [1.54, 1.807) is 0 Å². The number of hydrogen-bond acceptors (Lipinski definition) is 10. The number of aliphatic hydroxyl groups excluding tert-OH is 7. The van der Waals surface area contributed by atoms with Gasteiger partial charge in [-0.1, -0.05) is 230 Å². The molecule has 1 amide bonds. The van der Waals surface area contributed by atoms with E-state index in [1.807, 2.05) is 0 Å². The van der Waals surface area contributed by atoms with Gasteiger partial charge in [0.05, 0.1) is 25.4 Å². The molecule has 8 N–H and O–H groups in total. The fourth-order valence-corrected chi connectivity index (χ4v) is 9.51. The smallest absolute Gasteiger partial charge is 0.249 e. The van der Waals surface area contributed by atoms with E-state index in [0.29, 0.717) is 19.3 Å². The summed E-state index contributed by atoms with van der Waals surface area (Å²) in [6.07, 6.45) is 49.1. The van der Waals surface area contributed by atoms with Gasteiger partial charge in [0.1, 0.15) is 36.6 Å². The molecule has 0 spiro atoms. The van der Waals surface area contributed by atoms with Gasteiger partial charge in [-0.25, -0.2) is 0 Å². The van der Waals surface area contributed by atoms with Gasteiger partial charge in [-0.3, -0.25) is 4.79 Å². The molecule has 0 aromatic carbocycles. The van der Waals surface area contributed by atoms with Crippen LogP contribution in [0, 0.1) is 0 Å². The van der Waals surface area contributed by atoms with E-state index in [9.17, 15) is 40.5 Å². The average molecular weight is 1010 g/mol. The lowest BCUT2D eigenvalue weighted by molar-refractivity contribution is -0.303. The number of rotatable bonds is 51. The number of nitrogens with one attached hydrogen (secondary N) is 1. The molecule has 1 saturated heterocycles. The van der Waals surface area contributed by atoms with Gasteiger partial charge in [-0.15, -0.1) is 0 Å². The highest BCUT2D eigenvalue weighted by molar-refractivity contribution is 5.80. The Hall–Kier alpha value is -1.67. The average Bonchev–Trinajstić information content (AvgIpc) is 3.37. The van der Waals surface area contributed by atoms with E-state index in [0.717, 1.165) is 57.8 Å². The van der Waals surface area contributed by atoms with Gasteiger partial charge in [-0.05, 0) is 77.0 Å². The number of ether oxygens (including phenoxy) is 2. The van der Waals surface area contributed by atoms with Crippen LogP contribution in [0.4, 0.5) is 0 Å². The zero-order valence-electron chi connectivity index (χ0n) is 45.7. The molecule has 418 valence electrons. The zero-order valence-corrected chi connectivity index (χ0v) is 45.7. The van der Waals surface area contributed by atoms with E-state index < -0.39 is 74.2 Å². The molecule has 1 rings (SSSR count). The second-order valence-electron chi connectivity index (χ2n) is 21.0. The third kappa shape index (κ3) is 37.7. The van der Waals surface area contributed by atoms with Crippen LogP contribution in [0.2, 0.25) is 0 Å². The summed E-state index contributed by atoms with van der Waals surface area (Å²) >= 11 is 0. The fraction of sp³-hybridized carbons (Fsp3) is 0.883. The Kier molecular flexibility index (Phi) is 46.7. The van der Waals surface area contributed by atoms with Crippen LogP contribution in [-0.2, 0) is 14.3 Å². The molecule has 71 heavy (non-hydrogen) atoms. The maximum absolute atomic E-state index is 13.2. The van der Waals surface area contributed by atoms with Gasteiger partial charge in [0.25, 0.3) is 0 Å². The summed E-state index contributed by atoms with van der Waals surface area (Å²) in [5.41, 5.74) is 0. The molecule has 0 saturated carbocycles. The van der Waals surface area contributed by atoms with Crippen LogP contribution in [-0.4, -0.2) is 110 Å². The molecule has 9 atom stereocenters. The Labute approximate surface area is 435 Å². The number of amides is 1. The maximum Gasteiger partial charge on any atom is 0.249 e. The normalized spacial score (nSPS) is 20.4. The van der Waals surface area contributed by atoms with E-state index in [2.05, 4.69) is 55.6 Å². The van der Waals surface area contributed by atoms with Crippen LogP contribution in [0.1, 0.15) is 271 Å². The summed E-state index contributed by atoms with van der Waals surface area (Å²) in [6, 6.07) is -1.19. The van der Waals surface area contributed by atoms with Crippen molar-refractivity contribution < 1.29 is 50.0 Å². The topological polar surface area (TPSA) is 189 Å². The van der Waals surface area contributed by atoms with Crippen LogP contribution < -0.4 is 5.32 Å². The van der Waals surface area contributed by atoms with Crippen LogP contribution in [0.5, 0.6) is 0 Å². The minimum absolute atomic E-state index is 0.244. The fourth-order valence-electron chi connectivity index (χ4n) is 9.51. The van der Waals surface area contributed by atoms with Crippen molar-refractivity contribution >= 4 is 5.91 Å². The number of carbonyl (C=O) groups excluding carboxylic acids is 1. The van der Waals surface area contributed by atoms with Gasteiger partial charge in [-0.2, -0.15) is 0 Å². The SMILES string of the molecule is CCCCCCCCCCCCCC/C=C\CCCCCCCCC(O)C(=O)NC(COC1OC(CO)C(O)C(O)C1O)C(O)C(O)CCC/C=C/CC/C=C/CCCCCCCCCCCCCCC. The summed E-state index contributed by atoms with van der Waals surface area (Å²) in [5, 5.41) is 76.1. The molecule has 1 heterocycles. The van der Waals surface area contributed by atoms with Crippen molar-refractivity contribution in [2.75, 3.05) is 13.2 Å². The van der Waals surface area contributed by atoms with Crippen molar-refractivity contribution in [2.45, 2.75) is 326 Å². The Bertz CT molecular complexity index is 1250. The van der Waals surface area contributed by atoms with Crippen LogP contribution in [0.3, 0.4) is 0 Å². The van der Waals surface area contributed by atoms with Crippen molar-refractivity contribution in [3.8, 4) is 0 Å². The number of unbranched alkanes of at least 4 members (excludes halogenated alkanes) is 33.